The van der Waals surface area contributed by atoms with Crippen LogP contribution in [0.25, 0.3) is 0 Å². The second-order valence-electron chi connectivity index (χ2n) is 4.45. The van der Waals surface area contributed by atoms with E-state index in [1.54, 1.807) is 25.6 Å². The summed E-state index contributed by atoms with van der Waals surface area (Å²) < 4.78 is 10.5. The first-order chi connectivity index (χ1) is 10.2. The largest absolute Gasteiger partial charge is 0.493 e. The minimum absolute atomic E-state index is 0.570. The Morgan fingerprint density at radius 3 is 2.67 bits per heavy atom. The van der Waals surface area contributed by atoms with E-state index in [0.717, 1.165) is 23.5 Å². The zero-order valence-electron chi connectivity index (χ0n) is 12.4. The van der Waals surface area contributed by atoms with E-state index < -0.39 is 0 Å². The topological polar surface area (TPSA) is 43.4 Å². The summed E-state index contributed by atoms with van der Waals surface area (Å²) in [5.74, 6) is 1.21. The van der Waals surface area contributed by atoms with Crippen LogP contribution in [0.15, 0.2) is 18.3 Å². The summed E-state index contributed by atoms with van der Waals surface area (Å²) in [7, 11) is 3.18. The van der Waals surface area contributed by atoms with Gasteiger partial charge in [-0.25, -0.2) is 4.98 Å². The Balaban J connectivity index is 2.00. The Morgan fingerprint density at radius 1 is 1.24 bits per heavy atom. The van der Waals surface area contributed by atoms with Crippen molar-refractivity contribution in [1.82, 2.24) is 10.3 Å². The lowest BCUT2D eigenvalue weighted by Crippen LogP contribution is -2.13. The predicted molar refractivity (Wildman–Crippen MR) is 86.6 cm³/mol. The van der Waals surface area contributed by atoms with Crippen LogP contribution in [0.3, 0.4) is 0 Å². The van der Waals surface area contributed by atoms with Gasteiger partial charge in [0.1, 0.15) is 5.01 Å². The van der Waals surface area contributed by atoms with Crippen LogP contribution in [0.1, 0.15) is 22.4 Å². The molecule has 0 aliphatic heterocycles. The molecule has 0 spiro atoms. The molecule has 0 aliphatic carbocycles. The van der Waals surface area contributed by atoms with Crippen LogP contribution in [0.2, 0.25) is 5.02 Å². The van der Waals surface area contributed by atoms with Gasteiger partial charge in [0.2, 0.25) is 0 Å². The lowest BCUT2D eigenvalue weighted by Gasteiger charge is -2.13. The molecule has 21 heavy (non-hydrogen) atoms. The lowest BCUT2D eigenvalue weighted by molar-refractivity contribution is 0.354. The Hall–Kier alpha value is -1.30. The van der Waals surface area contributed by atoms with Gasteiger partial charge in [0, 0.05) is 24.2 Å². The number of nitrogens with zero attached hydrogens (tertiary/aromatic N) is 1. The highest BCUT2D eigenvalue weighted by molar-refractivity contribution is 7.11. The maximum absolute atomic E-state index is 6.34. The molecule has 1 aromatic heterocycles. The number of hydrogen-bond donors (Lipinski definition) is 1. The van der Waals surface area contributed by atoms with Crippen LogP contribution in [0.5, 0.6) is 11.5 Å². The first kappa shape index (κ1) is 16.1. The maximum Gasteiger partial charge on any atom is 0.179 e. The highest BCUT2D eigenvalue weighted by Crippen LogP contribution is 2.37. The quantitative estimate of drug-likeness (QED) is 0.843. The first-order valence-electron chi connectivity index (χ1n) is 6.73. The number of aromatic nitrogens is 1. The number of thiazole rings is 1. The summed E-state index contributed by atoms with van der Waals surface area (Å²) in [6.45, 7) is 3.52. The van der Waals surface area contributed by atoms with Crippen molar-refractivity contribution in [1.29, 1.82) is 0 Å². The minimum Gasteiger partial charge on any atom is -0.493 e. The van der Waals surface area contributed by atoms with Gasteiger partial charge in [-0.3, -0.25) is 0 Å². The van der Waals surface area contributed by atoms with Gasteiger partial charge in [0.25, 0.3) is 0 Å². The lowest BCUT2D eigenvalue weighted by atomic mass is 10.2. The molecule has 0 saturated heterocycles. The van der Waals surface area contributed by atoms with E-state index in [2.05, 4.69) is 17.2 Å². The van der Waals surface area contributed by atoms with Gasteiger partial charge >= 0.3 is 0 Å². The number of benzene rings is 1. The zero-order chi connectivity index (χ0) is 15.2. The molecular weight excluding hydrogens is 308 g/mol. The van der Waals surface area contributed by atoms with Gasteiger partial charge < -0.3 is 14.8 Å². The van der Waals surface area contributed by atoms with Crippen molar-refractivity contribution in [2.75, 3.05) is 14.2 Å². The number of hydrogen-bond acceptors (Lipinski definition) is 5. The second-order valence-corrected chi connectivity index (χ2v) is 6.03. The second kappa shape index (κ2) is 7.64. The molecule has 1 heterocycles. The fourth-order valence-corrected chi connectivity index (χ4v) is 3.10. The van der Waals surface area contributed by atoms with Crippen molar-refractivity contribution >= 4 is 22.9 Å². The third-order valence-corrected chi connectivity index (χ3v) is 4.66. The summed E-state index contributed by atoms with van der Waals surface area (Å²) in [5.41, 5.74) is 0.974. The molecule has 0 bridgehead atoms. The molecule has 6 heteroatoms. The molecule has 114 valence electrons. The fourth-order valence-electron chi connectivity index (χ4n) is 1.96. The van der Waals surface area contributed by atoms with Crippen LogP contribution in [0.4, 0.5) is 0 Å². The average Bonchev–Trinajstić information content (AvgIpc) is 2.96. The van der Waals surface area contributed by atoms with Crippen molar-refractivity contribution in [3.63, 3.8) is 0 Å². The number of nitrogens with one attached hydrogen (secondary N) is 1. The number of aryl methyl sites for hydroxylation is 1. The number of ether oxygens (including phenoxy) is 2. The van der Waals surface area contributed by atoms with E-state index in [4.69, 9.17) is 21.1 Å². The van der Waals surface area contributed by atoms with Crippen LogP contribution in [-0.2, 0) is 19.5 Å². The molecule has 0 saturated carbocycles. The molecule has 2 rings (SSSR count). The van der Waals surface area contributed by atoms with E-state index in [-0.39, 0.29) is 0 Å². The van der Waals surface area contributed by atoms with Gasteiger partial charge in [-0.1, -0.05) is 24.6 Å². The van der Waals surface area contributed by atoms with E-state index in [0.29, 0.717) is 23.1 Å². The van der Waals surface area contributed by atoms with Gasteiger partial charge in [0.15, 0.2) is 11.5 Å². The number of halogens is 1. The van der Waals surface area contributed by atoms with Gasteiger partial charge in [0.05, 0.1) is 19.2 Å². The SMILES string of the molecule is CCc1cnc(CNCc2ccc(OC)c(OC)c2Cl)s1. The van der Waals surface area contributed by atoms with E-state index >= 15 is 0 Å². The monoisotopic (exact) mass is 326 g/mol. The molecule has 1 aromatic carbocycles. The highest BCUT2D eigenvalue weighted by atomic mass is 35.5. The number of methoxy groups -OCH3 is 2. The van der Waals surface area contributed by atoms with Crippen molar-refractivity contribution in [2.45, 2.75) is 26.4 Å². The third kappa shape index (κ3) is 3.87. The predicted octanol–water partition coefficient (Wildman–Crippen LogP) is 3.67. The molecule has 0 unspecified atom stereocenters. The summed E-state index contributed by atoms with van der Waals surface area (Å²) in [4.78, 5) is 5.68. The molecule has 0 aliphatic rings. The van der Waals surface area contributed by atoms with Gasteiger partial charge in [-0.05, 0) is 18.1 Å². The Bertz CT molecular complexity index is 601. The first-order valence-corrected chi connectivity index (χ1v) is 7.92. The van der Waals surface area contributed by atoms with E-state index in [9.17, 15) is 0 Å². The Labute approximate surface area is 134 Å². The highest BCUT2D eigenvalue weighted by Gasteiger charge is 2.12. The van der Waals surface area contributed by atoms with E-state index in [1.807, 2.05) is 18.3 Å². The Kier molecular flexibility index (Phi) is 5.85. The standard InChI is InChI=1S/C15H19ClN2O2S/c1-4-11-8-18-13(21-11)9-17-7-10-5-6-12(19-2)15(20-3)14(10)16/h5-6,8,17H,4,7,9H2,1-3H3. The smallest absolute Gasteiger partial charge is 0.179 e. The summed E-state index contributed by atoms with van der Waals surface area (Å²) in [6.07, 6.45) is 2.96. The molecular formula is C15H19ClN2O2S. The van der Waals surface area contributed by atoms with Gasteiger partial charge in [-0.15, -0.1) is 11.3 Å². The van der Waals surface area contributed by atoms with Crippen molar-refractivity contribution in [2.24, 2.45) is 0 Å². The third-order valence-electron chi connectivity index (χ3n) is 3.11. The molecule has 4 nitrogen and oxygen atoms in total. The van der Waals surface area contributed by atoms with Crippen LogP contribution < -0.4 is 14.8 Å². The Morgan fingerprint density at radius 2 is 2.05 bits per heavy atom. The van der Waals surface area contributed by atoms with Crippen LogP contribution in [0, 0.1) is 0 Å². The normalized spacial score (nSPS) is 10.7. The summed E-state index contributed by atoms with van der Waals surface area (Å²) in [5, 5.41) is 5.02. The van der Waals surface area contributed by atoms with Crippen molar-refractivity contribution < 1.29 is 9.47 Å². The van der Waals surface area contributed by atoms with Crippen LogP contribution >= 0.6 is 22.9 Å². The molecule has 0 fully saturated rings. The summed E-state index contributed by atoms with van der Waals surface area (Å²) in [6, 6.07) is 3.80. The average molecular weight is 327 g/mol. The number of rotatable bonds is 7. The molecule has 0 amide bonds. The van der Waals surface area contributed by atoms with E-state index in [1.165, 1.54) is 4.88 Å². The summed E-state index contributed by atoms with van der Waals surface area (Å²) >= 11 is 8.08. The molecule has 0 radical (unpaired) electrons. The van der Waals surface area contributed by atoms with Crippen LogP contribution in [-0.4, -0.2) is 19.2 Å². The zero-order valence-corrected chi connectivity index (χ0v) is 14.0. The van der Waals surface area contributed by atoms with Gasteiger partial charge in [-0.2, -0.15) is 0 Å². The minimum atomic E-state index is 0.570. The maximum atomic E-state index is 6.34. The molecule has 1 N–H and O–H groups in total. The van der Waals surface area contributed by atoms with Crippen molar-refractivity contribution in [3.05, 3.63) is 38.8 Å². The van der Waals surface area contributed by atoms with Crippen molar-refractivity contribution in [3.8, 4) is 11.5 Å². The molecule has 2 aromatic rings. The fraction of sp³-hybridized carbons (Fsp3) is 0.400. The molecule has 0 atom stereocenters.